The van der Waals surface area contributed by atoms with E-state index >= 15 is 0 Å². The Hall–Kier alpha value is -2.65. The molecule has 1 saturated carbocycles. The van der Waals surface area contributed by atoms with Crippen molar-refractivity contribution in [2.24, 2.45) is 0 Å². The van der Waals surface area contributed by atoms with Gasteiger partial charge in [-0.2, -0.15) is 0 Å². The molecule has 1 amide bonds. The third kappa shape index (κ3) is 4.44. The van der Waals surface area contributed by atoms with Crippen LogP contribution >= 0.6 is 0 Å². The maximum absolute atomic E-state index is 14.3. The molecule has 5 rings (SSSR count). The summed E-state index contributed by atoms with van der Waals surface area (Å²) >= 11 is 0. The first-order valence-electron chi connectivity index (χ1n) is 11.4. The number of nitrogens with zero attached hydrogens (tertiary/aromatic N) is 2. The highest BCUT2D eigenvalue weighted by atomic mass is 19.3. The second kappa shape index (κ2) is 8.29. The molecule has 2 fully saturated rings. The minimum atomic E-state index is -2.80. The first-order valence-corrected chi connectivity index (χ1v) is 11.4. The number of anilines is 1. The van der Waals surface area contributed by atoms with E-state index in [1.54, 1.807) is 6.07 Å². The fourth-order valence-electron chi connectivity index (χ4n) is 4.64. The van der Waals surface area contributed by atoms with Crippen molar-refractivity contribution in [3.05, 3.63) is 52.5 Å². The topological polar surface area (TPSA) is 85.4 Å². The Labute approximate surface area is 191 Å². The normalized spacial score (nSPS) is 21.5. The van der Waals surface area contributed by atoms with Crippen LogP contribution in [0.4, 0.5) is 14.6 Å². The lowest BCUT2D eigenvalue weighted by Crippen LogP contribution is -2.35. The molecule has 1 aromatic heterocycles. The lowest BCUT2D eigenvalue weighted by molar-refractivity contribution is -0.121. The number of carbonyl (C=O) groups is 1. The highest BCUT2D eigenvalue weighted by Crippen LogP contribution is 2.44. The lowest BCUT2D eigenvalue weighted by Gasteiger charge is -2.23. The summed E-state index contributed by atoms with van der Waals surface area (Å²) in [5, 5.41) is 6.39. The van der Waals surface area contributed by atoms with Crippen molar-refractivity contribution in [3.8, 4) is 0 Å². The number of aromatic nitrogens is 2. The zero-order valence-electron chi connectivity index (χ0n) is 18.8. The summed E-state index contributed by atoms with van der Waals surface area (Å²) < 4.78 is 40.0. The predicted molar refractivity (Wildman–Crippen MR) is 117 cm³/mol. The molecule has 176 valence electrons. The van der Waals surface area contributed by atoms with Crippen LogP contribution in [0.25, 0.3) is 0 Å². The van der Waals surface area contributed by atoms with Crippen LogP contribution in [0.15, 0.2) is 24.5 Å². The van der Waals surface area contributed by atoms with Crippen LogP contribution in [0.1, 0.15) is 73.4 Å². The quantitative estimate of drug-likeness (QED) is 0.654. The molecular formula is C24H28F2N4O3. The van der Waals surface area contributed by atoms with E-state index in [0.717, 1.165) is 18.4 Å². The molecule has 2 N–H and O–H groups in total. The van der Waals surface area contributed by atoms with E-state index in [0.29, 0.717) is 42.3 Å². The Morgan fingerprint density at radius 3 is 2.70 bits per heavy atom. The Morgan fingerprint density at radius 1 is 1.21 bits per heavy atom. The van der Waals surface area contributed by atoms with Crippen LogP contribution in [0.5, 0.6) is 0 Å². The Morgan fingerprint density at radius 2 is 1.97 bits per heavy atom. The van der Waals surface area contributed by atoms with Crippen molar-refractivity contribution in [1.29, 1.82) is 0 Å². The van der Waals surface area contributed by atoms with Gasteiger partial charge in [0.05, 0.1) is 36.9 Å². The van der Waals surface area contributed by atoms with Crippen molar-refractivity contribution in [3.63, 3.8) is 0 Å². The maximum Gasteiger partial charge on any atom is 0.273 e. The van der Waals surface area contributed by atoms with Gasteiger partial charge in [-0.15, -0.1) is 0 Å². The second-order valence-electron chi connectivity index (χ2n) is 9.39. The minimum absolute atomic E-state index is 0.0761. The van der Waals surface area contributed by atoms with Crippen molar-refractivity contribution >= 4 is 11.7 Å². The van der Waals surface area contributed by atoms with E-state index < -0.39 is 12.2 Å². The third-order valence-electron chi connectivity index (χ3n) is 6.71. The molecule has 2 aliphatic carbocycles. The van der Waals surface area contributed by atoms with Crippen LogP contribution in [0.2, 0.25) is 0 Å². The maximum atomic E-state index is 14.3. The van der Waals surface area contributed by atoms with Gasteiger partial charge in [-0.05, 0) is 44.2 Å². The van der Waals surface area contributed by atoms with Crippen molar-refractivity contribution < 1.29 is 23.0 Å². The average Bonchev–Trinajstić information content (AvgIpc) is 3.14. The van der Waals surface area contributed by atoms with Gasteiger partial charge in [0.25, 0.3) is 5.92 Å². The standard InChI is InChI=1S/C24H28F2N4O3/c1-14(15-4-3-5-17-16(15)6-7-24(17,25)26)29-21-20(22-32-10-11-33-22)18(27-13-28-21)12-19(31)30-23(2)8-9-23/h3-5,13-14,22H,6-12H2,1-2H3,(H,30,31)(H,27,28,29)/t14-/m1/s1. The number of ether oxygens (including phenoxy) is 2. The predicted octanol–water partition coefficient (Wildman–Crippen LogP) is 3.94. The molecule has 1 aliphatic heterocycles. The number of amides is 1. The van der Waals surface area contributed by atoms with Crippen LogP contribution in [-0.4, -0.2) is 34.6 Å². The van der Waals surface area contributed by atoms with Crippen molar-refractivity contribution in [2.45, 2.75) is 69.7 Å². The average molecular weight is 459 g/mol. The third-order valence-corrected chi connectivity index (χ3v) is 6.71. The summed E-state index contributed by atoms with van der Waals surface area (Å²) in [6.45, 7) is 4.79. The van der Waals surface area contributed by atoms with Gasteiger partial charge in [0, 0.05) is 17.5 Å². The summed E-state index contributed by atoms with van der Waals surface area (Å²) in [5.41, 5.74) is 2.57. The van der Waals surface area contributed by atoms with Crippen molar-refractivity contribution in [2.75, 3.05) is 18.5 Å². The van der Waals surface area contributed by atoms with Crippen LogP contribution in [0, 0.1) is 0 Å². The molecule has 2 heterocycles. The summed E-state index contributed by atoms with van der Waals surface area (Å²) in [7, 11) is 0. The molecular weight excluding hydrogens is 430 g/mol. The van der Waals surface area contributed by atoms with Gasteiger partial charge >= 0.3 is 0 Å². The summed E-state index contributed by atoms with van der Waals surface area (Å²) in [4.78, 5) is 21.4. The molecule has 9 heteroatoms. The smallest absolute Gasteiger partial charge is 0.273 e. The summed E-state index contributed by atoms with van der Waals surface area (Å²) in [6, 6.07) is 4.75. The van der Waals surface area contributed by atoms with Crippen LogP contribution in [-0.2, 0) is 33.0 Å². The minimum Gasteiger partial charge on any atom is -0.363 e. The molecule has 1 atom stereocenters. The number of hydrogen-bond acceptors (Lipinski definition) is 6. The first-order chi connectivity index (χ1) is 15.8. The molecule has 33 heavy (non-hydrogen) atoms. The van der Waals surface area contributed by atoms with E-state index in [9.17, 15) is 13.6 Å². The summed E-state index contributed by atoms with van der Waals surface area (Å²) in [6.07, 6.45) is 2.88. The summed E-state index contributed by atoms with van der Waals surface area (Å²) in [5.74, 6) is -2.43. The zero-order valence-corrected chi connectivity index (χ0v) is 18.8. The van der Waals surface area contributed by atoms with E-state index in [4.69, 9.17) is 9.47 Å². The van der Waals surface area contributed by atoms with Gasteiger partial charge in [-0.1, -0.05) is 18.2 Å². The highest BCUT2D eigenvalue weighted by Gasteiger charge is 2.41. The number of alkyl halides is 2. The van der Waals surface area contributed by atoms with E-state index in [1.165, 1.54) is 12.4 Å². The molecule has 3 aliphatic rings. The first kappa shape index (κ1) is 22.2. The molecule has 0 unspecified atom stereocenters. The number of carbonyl (C=O) groups excluding carboxylic acids is 1. The van der Waals surface area contributed by atoms with Gasteiger partial charge in [-0.25, -0.2) is 18.7 Å². The van der Waals surface area contributed by atoms with Gasteiger partial charge in [-0.3, -0.25) is 4.79 Å². The van der Waals surface area contributed by atoms with Gasteiger partial charge in [0.2, 0.25) is 5.91 Å². The Balaban J connectivity index is 1.43. The Bertz CT molecular complexity index is 1070. The van der Waals surface area contributed by atoms with E-state index in [2.05, 4.69) is 20.6 Å². The fourth-order valence-corrected chi connectivity index (χ4v) is 4.64. The highest BCUT2D eigenvalue weighted by molar-refractivity contribution is 5.80. The fraction of sp³-hybridized carbons (Fsp3) is 0.542. The molecule has 2 aromatic rings. The second-order valence-corrected chi connectivity index (χ2v) is 9.39. The monoisotopic (exact) mass is 458 g/mol. The van der Waals surface area contributed by atoms with E-state index in [1.807, 2.05) is 19.9 Å². The van der Waals surface area contributed by atoms with Gasteiger partial charge < -0.3 is 20.1 Å². The molecule has 0 radical (unpaired) electrons. The van der Waals surface area contributed by atoms with Gasteiger partial charge in [0.15, 0.2) is 6.29 Å². The Kier molecular flexibility index (Phi) is 5.56. The zero-order chi connectivity index (χ0) is 23.2. The number of nitrogens with one attached hydrogen (secondary N) is 2. The van der Waals surface area contributed by atoms with Gasteiger partial charge in [0.1, 0.15) is 12.1 Å². The molecule has 1 aromatic carbocycles. The molecule has 1 saturated heterocycles. The van der Waals surface area contributed by atoms with E-state index in [-0.39, 0.29) is 35.9 Å². The number of halogens is 2. The van der Waals surface area contributed by atoms with Crippen LogP contribution < -0.4 is 10.6 Å². The number of fused-ring (bicyclic) bond motifs is 1. The van der Waals surface area contributed by atoms with Crippen LogP contribution in [0.3, 0.4) is 0 Å². The molecule has 0 bridgehead atoms. The molecule has 7 nitrogen and oxygen atoms in total. The van der Waals surface area contributed by atoms with Crippen molar-refractivity contribution in [1.82, 2.24) is 15.3 Å². The SMILES string of the molecule is C[C@@H](Nc1ncnc(CC(=O)NC2(C)CC2)c1C1OCCO1)c1cccc2c1CCC2(F)F. The number of hydrogen-bond donors (Lipinski definition) is 2. The number of benzene rings is 1. The molecule has 0 spiro atoms. The number of rotatable bonds is 7. The largest absolute Gasteiger partial charge is 0.363 e. The lowest BCUT2D eigenvalue weighted by atomic mass is 9.97.